The Morgan fingerprint density at radius 2 is 1.55 bits per heavy atom. The summed E-state index contributed by atoms with van der Waals surface area (Å²) in [6.07, 6.45) is -0.0223. The van der Waals surface area contributed by atoms with E-state index in [-0.39, 0.29) is 18.9 Å². The van der Waals surface area contributed by atoms with Gasteiger partial charge in [-0.1, -0.05) is 30.3 Å². The minimum absolute atomic E-state index is 0.0111. The number of nitrogens with zero attached hydrogens (tertiary/aromatic N) is 1. The summed E-state index contributed by atoms with van der Waals surface area (Å²) >= 11 is 0. The molecule has 1 unspecified atom stereocenters. The van der Waals surface area contributed by atoms with Gasteiger partial charge in [-0.05, 0) is 12.5 Å². The van der Waals surface area contributed by atoms with E-state index in [1.165, 1.54) is 14.2 Å². The van der Waals surface area contributed by atoms with E-state index >= 15 is 0 Å². The van der Waals surface area contributed by atoms with Crippen LogP contribution in [0, 0.1) is 0 Å². The smallest absolute Gasteiger partial charge is 0.311 e. The first-order valence-corrected chi connectivity index (χ1v) is 6.31. The molecule has 0 aliphatic heterocycles. The molecule has 1 aromatic carbocycles. The number of hydrogen-bond acceptors (Lipinski definition) is 5. The molecular weight excluding hydrogens is 258 g/mol. The maximum atomic E-state index is 11.4. The first-order chi connectivity index (χ1) is 9.56. The summed E-state index contributed by atoms with van der Waals surface area (Å²) in [6.45, 7) is 1.91. The third kappa shape index (κ3) is 5.22. The number of benzene rings is 1. The third-order valence-corrected chi connectivity index (χ3v) is 2.81. The maximum absolute atomic E-state index is 11.4. The molecule has 0 saturated carbocycles. The van der Waals surface area contributed by atoms with Gasteiger partial charge in [-0.3, -0.25) is 14.6 Å². The second-order valence-electron chi connectivity index (χ2n) is 4.29. The summed E-state index contributed by atoms with van der Waals surface area (Å²) in [5.74, 6) is -0.846. The summed E-state index contributed by atoms with van der Waals surface area (Å²) in [4.78, 5) is 27.1. The highest BCUT2D eigenvalue weighted by atomic mass is 16.5. The van der Waals surface area contributed by atoms with Crippen LogP contribution in [0.15, 0.2) is 35.3 Å². The van der Waals surface area contributed by atoms with Gasteiger partial charge in [0.15, 0.2) is 0 Å². The zero-order valence-corrected chi connectivity index (χ0v) is 12.0. The van der Waals surface area contributed by atoms with Crippen LogP contribution in [0.25, 0.3) is 0 Å². The zero-order valence-electron chi connectivity index (χ0n) is 12.0. The van der Waals surface area contributed by atoms with Gasteiger partial charge in [-0.25, -0.2) is 0 Å². The monoisotopic (exact) mass is 277 g/mol. The van der Waals surface area contributed by atoms with Crippen LogP contribution in [0.5, 0.6) is 0 Å². The Morgan fingerprint density at radius 1 is 1.05 bits per heavy atom. The van der Waals surface area contributed by atoms with Crippen molar-refractivity contribution in [2.75, 3.05) is 14.2 Å². The molecule has 0 aromatic heterocycles. The van der Waals surface area contributed by atoms with Gasteiger partial charge < -0.3 is 9.47 Å². The SMILES string of the molecule is COC(=O)CC(CC(=O)OC)=NC(C)c1ccccc1. The van der Waals surface area contributed by atoms with E-state index in [0.717, 1.165) is 5.56 Å². The second-order valence-corrected chi connectivity index (χ2v) is 4.29. The van der Waals surface area contributed by atoms with Gasteiger partial charge in [0.25, 0.3) is 0 Å². The fourth-order valence-corrected chi connectivity index (χ4v) is 1.71. The van der Waals surface area contributed by atoms with Crippen LogP contribution in [-0.2, 0) is 19.1 Å². The number of carbonyl (C=O) groups is 2. The normalized spacial score (nSPS) is 11.3. The number of ether oxygens (including phenoxy) is 2. The minimum atomic E-state index is -0.423. The Bertz CT molecular complexity index is 462. The second kappa shape index (κ2) is 8.09. The van der Waals surface area contributed by atoms with Crippen LogP contribution in [0.1, 0.15) is 31.4 Å². The lowest BCUT2D eigenvalue weighted by Crippen LogP contribution is -2.15. The summed E-state index contributed by atoms with van der Waals surface area (Å²) in [5, 5.41) is 0. The summed E-state index contributed by atoms with van der Waals surface area (Å²) in [7, 11) is 2.61. The average molecular weight is 277 g/mol. The average Bonchev–Trinajstić information content (AvgIpc) is 2.47. The number of esters is 2. The lowest BCUT2D eigenvalue weighted by molar-refractivity contribution is -0.139. The van der Waals surface area contributed by atoms with Gasteiger partial charge in [-0.2, -0.15) is 0 Å². The number of methoxy groups -OCH3 is 2. The highest BCUT2D eigenvalue weighted by Gasteiger charge is 2.14. The topological polar surface area (TPSA) is 65.0 Å². The van der Waals surface area contributed by atoms with Crippen LogP contribution in [-0.4, -0.2) is 31.9 Å². The van der Waals surface area contributed by atoms with Crippen LogP contribution < -0.4 is 0 Å². The molecule has 0 amide bonds. The molecule has 1 atom stereocenters. The lowest BCUT2D eigenvalue weighted by Gasteiger charge is -2.10. The van der Waals surface area contributed by atoms with Crippen LogP contribution in [0.2, 0.25) is 0 Å². The van der Waals surface area contributed by atoms with E-state index in [4.69, 9.17) is 0 Å². The van der Waals surface area contributed by atoms with E-state index in [1.54, 1.807) is 0 Å². The zero-order chi connectivity index (χ0) is 15.0. The molecule has 0 N–H and O–H groups in total. The van der Waals surface area contributed by atoms with E-state index in [0.29, 0.717) is 5.71 Å². The van der Waals surface area contributed by atoms with Crippen molar-refractivity contribution in [1.29, 1.82) is 0 Å². The van der Waals surface area contributed by atoms with Crippen molar-refractivity contribution in [2.45, 2.75) is 25.8 Å². The van der Waals surface area contributed by atoms with E-state index in [9.17, 15) is 9.59 Å². The van der Waals surface area contributed by atoms with E-state index in [1.807, 2.05) is 37.3 Å². The van der Waals surface area contributed by atoms with Crippen molar-refractivity contribution >= 4 is 17.7 Å². The molecule has 1 rings (SSSR count). The first-order valence-electron chi connectivity index (χ1n) is 6.31. The molecule has 0 aliphatic rings. The standard InChI is InChI=1S/C15H19NO4/c1-11(12-7-5-4-6-8-12)16-13(9-14(17)19-2)10-15(18)20-3/h4-8,11H,9-10H2,1-3H3. The molecule has 5 heteroatoms. The van der Waals surface area contributed by atoms with Crippen molar-refractivity contribution in [3.05, 3.63) is 35.9 Å². The molecule has 0 radical (unpaired) electrons. The molecule has 0 aliphatic carbocycles. The summed E-state index contributed by atoms with van der Waals surface area (Å²) in [5.41, 5.74) is 1.47. The molecular formula is C15H19NO4. The van der Waals surface area contributed by atoms with Gasteiger partial charge in [0.05, 0.1) is 33.1 Å². The Balaban J connectivity index is 2.87. The number of hydrogen-bond donors (Lipinski definition) is 0. The van der Waals surface area contributed by atoms with Crippen molar-refractivity contribution < 1.29 is 19.1 Å². The van der Waals surface area contributed by atoms with Gasteiger partial charge in [0, 0.05) is 5.71 Å². The molecule has 1 aromatic rings. The van der Waals surface area contributed by atoms with E-state index in [2.05, 4.69) is 14.5 Å². The fraction of sp³-hybridized carbons (Fsp3) is 0.400. The van der Waals surface area contributed by atoms with E-state index < -0.39 is 11.9 Å². The largest absolute Gasteiger partial charge is 0.469 e. The predicted molar refractivity (Wildman–Crippen MR) is 75.6 cm³/mol. The molecule has 20 heavy (non-hydrogen) atoms. The van der Waals surface area contributed by atoms with Crippen molar-refractivity contribution in [3.63, 3.8) is 0 Å². The molecule has 5 nitrogen and oxygen atoms in total. The molecule has 108 valence electrons. The Morgan fingerprint density at radius 3 is 2.00 bits per heavy atom. The molecule has 0 heterocycles. The van der Waals surface area contributed by atoms with Crippen LogP contribution in [0.4, 0.5) is 0 Å². The number of carbonyl (C=O) groups excluding carboxylic acids is 2. The van der Waals surface area contributed by atoms with Gasteiger partial charge >= 0.3 is 11.9 Å². The third-order valence-electron chi connectivity index (χ3n) is 2.81. The van der Waals surface area contributed by atoms with Crippen LogP contribution in [0.3, 0.4) is 0 Å². The minimum Gasteiger partial charge on any atom is -0.469 e. The van der Waals surface area contributed by atoms with Gasteiger partial charge in [-0.15, -0.1) is 0 Å². The Kier molecular flexibility index (Phi) is 6.43. The summed E-state index contributed by atoms with van der Waals surface area (Å²) in [6, 6.07) is 9.51. The number of rotatable bonds is 6. The van der Waals surface area contributed by atoms with Crippen molar-refractivity contribution in [2.24, 2.45) is 4.99 Å². The lowest BCUT2D eigenvalue weighted by atomic mass is 10.1. The Hall–Kier alpha value is -2.17. The summed E-state index contributed by atoms with van der Waals surface area (Å²) < 4.78 is 9.22. The van der Waals surface area contributed by atoms with Crippen molar-refractivity contribution in [1.82, 2.24) is 0 Å². The van der Waals surface area contributed by atoms with Crippen molar-refractivity contribution in [3.8, 4) is 0 Å². The Labute approximate surface area is 118 Å². The molecule has 0 fully saturated rings. The first kappa shape index (κ1) is 15.9. The molecule has 0 spiro atoms. The highest BCUT2D eigenvalue weighted by Crippen LogP contribution is 2.17. The predicted octanol–water partition coefficient (Wildman–Crippen LogP) is 2.31. The molecule has 0 bridgehead atoms. The quantitative estimate of drug-likeness (QED) is 0.591. The van der Waals surface area contributed by atoms with Crippen LogP contribution >= 0.6 is 0 Å². The maximum Gasteiger partial charge on any atom is 0.311 e. The van der Waals surface area contributed by atoms with Gasteiger partial charge in [0.1, 0.15) is 0 Å². The molecule has 0 saturated heterocycles. The highest BCUT2D eigenvalue weighted by molar-refractivity contribution is 6.06. The van der Waals surface area contributed by atoms with Gasteiger partial charge in [0.2, 0.25) is 0 Å². The number of aliphatic imine (C=N–C) groups is 1. The fourth-order valence-electron chi connectivity index (χ4n) is 1.71.